The maximum absolute atomic E-state index is 6.45. The van der Waals surface area contributed by atoms with E-state index in [1.165, 1.54) is 38.8 Å². The summed E-state index contributed by atoms with van der Waals surface area (Å²) in [6.45, 7) is 6.51. The van der Waals surface area contributed by atoms with Crippen molar-refractivity contribution in [2.75, 3.05) is 4.90 Å². The van der Waals surface area contributed by atoms with Gasteiger partial charge in [-0.2, -0.15) is 0 Å². The van der Waals surface area contributed by atoms with E-state index in [4.69, 9.17) is 14.4 Å². The quantitative estimate of drug-likeness (QED) is 0.165. The smallest absolute Gasteiger partial charge is 0.246 e. The molecule has 1 aliphatic rings. The number of para-hydroxylation sites is 4. The van der Waals surface area contributed by atoms with Crippen molar-refractivity contribution >= 4 is 73.1 Å². The molecular weight excluding hydrogens is 695 g/mol. The van der Waals surface area contributed by atoms with Gasteiger partial charge in [-0.3, -0.25) is 9.55 Å². The molecule has 1 aliphatic heterocycles. The third kappa shape index (κ3) is 5.25. The Morgan fingerprint density at radius 2 is 1.30 bits per heavy atom. The van der Waals surface area contributed by atoms with Gasteiger partial charge in [-0.15, -0.1) is 0 Å². The summed E-state index contributed by atoms with van der Waals surface area (Å²) in [4.78, 5) is 12.6. The first kappa shape index (κ1) is 33.2. The van der Waals surface area contributed by atoms with Gasteiger partial charge in [0.2, 0.25) is 6.71 Å². The monoisotopic (exact) mass is 732 g/mol. The van der Waals surface area contributed by atoms with E-state index >= 15 is 0 Å². The Balaban J connectivity index is 1.20. The average Bonchev–Trinajstić information content (AvgIpc) is 3.82. The van der Waals surface area contributed by atoms with Crippen LogP contribution in [0.4, 0.5) is 17.1 Å². The van der Waals surface area contributed by atoms with Crippen LogP contribution in [0.5, 0.6) is 0 Å². The highest BCUT2D eigenvalue weighted by molar-refractivity contribution is 6.98. The summed E-state index contributed by atoms with van der Waals surface area (Å²) in [5.74, 6) is 0.920. The summed E-state index contributed by atoms with van der Waals surface area (Å²) in [5, 5.41) is 2.20. The van der Waals surface area contributed by atoms with Crippen LogP contribution in [-0.4, -0.2) is 21.2 Å². The summed E-state index contributed by atoms with van der Waals surface area (Å²) < 4.78 is 8.82. The SMILES string of the molecule is Cc1cc(C)c(-n2c(-c3ccc4c(c3)B(c3cccc(-c5ccccn5)c3)c3ccccc3N4c3cccc4oc5ccccc5c34)nc3ccccc32)c(C)c1. The van der Waals surface area contributed by atoms with Gasteiger partial charge < -0.3 is 9.32 Å². The lowest BCUT2D eigenvalue weighted by atomic mass is 9.35. The highest BCUT2D eigenvalue weighted by Crippen LogP contribution is 2.44. The minimum atomic E-state index is -0.0722. The maximum atomic E-state index is 6.45. The van der Waals surface area contributed by atoms with Crippen molar-refractivity contribution < 1.29 is 4.42 Å². The molecule has 0 saturated carbocycles. The molecule has 0 unspecified atom stereocenters. The van der Waals surface area contributed by atoms with E-state index in [1.54, 1.807) is 0 Å². The summed E-state index contributed by atoms with van der Waals surface area (Å²) in [6, 6.07) is 58.6. The number of rotatable bonds is 5. The molecule has 0 bridgehead atoms. The van der Waals surface area contributed by atoms with Crippen LogP contribution in [0.15, 0.2) is 174 Å². The van der Waals surface area contributed by atoms with Crippen LogP contribution in [0.2, 0.25) is 0 Å². The van der Waals surface area contributed by atoms with E-state index in [9.17, 15) is 0 Å². The number of pyridine rings is 1. The van der Waals surface area contributed by atoms with E-state index in [0.29, 0.717) is 0 Å². The maximum Gasteiger partial charge on any atom is 0.246 e. The molecule has 11 rings (SSSR count). The van der Waals surface area contributed by atoms with Gasteiger partial charge >= 0.3 is 0 Å². The molecule has 0 amide bonds. The normalized spacial score (nSPS) is 12.4. The van der Waals surface area contributed by atoms with Crippen molar-refractivity contribution in [1.82, 2.24) is 14.5 Å². The van der Waals surface area contributed by atoms with Gasteiger partial charge in [0, 0.05) is 28.5 Å². The minimum Gasteiger partial charge on any atom is -0.456 e. The summed E-state index contributed by atoms with van der Waals surface area (Å²) >= 11 is 0. The Morgan fingerprint density at radius 1 is 0.561 bits per heavy atom. The molecule has 0 saturated heterocycles. The van der Waals surface area contributed by atoms with Crippen LogP contribution in [-0.2, 0) is 0 Å². The van der Waals surface area contributed by atoms with Gasteiger partial charge in [-0.25, -0.2) is 4.98 Å². The fourth-order valence-electron chi connectivity index (χ4n) is 9.30. The van der Waals surface area contributed by atoms with Gasteiger partial charge in [-0.1, -0.05) is 114 Å². The number of nitrogens with zero attached hydrogens (tertiary/aromatic N) is 4. The lowest BCUT2D eigenvalue weighted by molar-refractivity contribution is 0.669. The van der Waals surface area contributed by atoms with Gasteiger partial charge in [0.25, 0.3) is 0 Å². The first-order valence-corrected chi connectivity index (χ1v) is 19.5. The van der Waals surface area contributed by atoms with Crippen LogP contribution in [0.1, 0.15) is 16.7 Å². The number of fused-ring (bicyclic) bond motifs is 6. The van der Waals surface area contributed by atoms with Crippen molar-refractivity contribution in [3.8, 4) is 28.3 Å². The fraction of sp³-hybridized carbons (Fsp3) is 0.0588. The first-order valence-electron chi connectivity index (χ1n) is 19.5. The molecule has 0 radical (unpaired) electrons. The van der Waals surface area contributed by atoms with Crippen LogP contribution in [0.3, 0.4) is 0 Å². The predicted octanol–water partition coefficient (Wildman–Crippen LogP) is 10.9. The molecule has 0 spiro atoms. The number of benzene rings is 7. The zero-order chi connectivity index (χ0) is 38.2. The Hall–Kier alpha value is -7.18. The Labute approximate surface area is 331 Å². The fourth-order valence-corrected chi connectivity index (χ4v) is 9.30. The summed E-state index contributed by atoms with van der Waals surface area (Å²) in [5.41, 5.74) is 18.7. The van der Waals surface area contributed by atoms with Gasteiger partial charge in [0.05, 0.1) is 33.5 Å². The molecule has 10 aromatic rings. The van der Waals surface area contributed by atoms with Crippen LogP contribution in [0, 0.1) is 20.8 Å². The molecule has 7 aromatic carbocycles. The predicted molar refractivity (Wildman–Crippen MR) is 237 cm³/mol. The number of imidazole rings is 1. The molecule has 4 heterocycles. The molecule has 5 nitrogen and oxygen atoms in total. The Morgan fingerprint density at radius 3 is 2.18 bits per heavy atom. The first-order chi connectivity index (χ1) is 28.0. The summed E-state index contributed by atoms with van der Waals surface area (Å²) in [6.07, 6.45) is 1.86. The van der Waals surface area contributed by atoms with Gasteiger partial charge in [0.1, 0.15) is 17.0 Å². The molecule has 0 fully saturated rings. The molecule has 57 heavy (non-hydrogen) atoms. The van der Waals surface area contributed by atoms with Crippen molar-refractivity contribution in [2.45, 2.75) is 20.8 Å². The lowest BCUT2D eigenvalue weighted by Crippen LogP contribution is -2.57. The van der Waals surface area contributed by atoms with Gasteiger partial charge in [-0.05, 0) is 109 Å². The van der Waals surface area contributed by atoms with Crippen LogP contribution >= 0.6 is 0 Å². The second-order valence-corrected chi connectivity index (χ2v) is 15.2. The Bertz CT molecular complexity index is 3180. The topological polar surface area (TPSA) is 47.1 Å². The molecule has 3 aromatic heterocycles. The van der Waals surface area contributed by atoms with E-state index in [2.05, 4.69) is 176 Å². The summed E-state index contributed by atoms with van der Waals surface area (Å²) in [7, 11) is 0. The van der Waals surface area contributed by atoms with E-state index < -0.39 is 0 Å². The number of aryl methyl sites for hydroxylation is 3. The lowest BCUT2D eigenvalue weighted by Gasteiger charge is -2.37. The molecule has 0 N–H and O–H groups in total. The zero-order valence-corrected chi connectivity index (χ0v) is 31.9. The molecule has 6 heteroatoms. The molecular formula is C51H37BN4O. The van der Waals surface area contributed by atoms with Crippen molar-refractivity contribution in [3.63, 3.8) is 0 Å². The number of hydrogen-bond acceptors (Lipinski definition) is 4. The van der Waals surface area contributed by atoms with Crippen LogP contribution in [0.25, 0.3) is 61.3 Å². The molecule has 0 atom stereocenters. The third-order valence-corrected chi connectivity index (χ3v) is 11.5. The van der Waals surface area contributed by atoms with Crippen molar-refractivity contribution in [1.29, 1.82) is 0 Å². The zero-order valence-electron chi connectivity index (χ0n) is 31.9. The highest BCUT2D eigenvalue weighted by atomic mass is 16.3. The number of hydrogen-bond donors (Lipinski definition) is 0. The van der Waals surface area contributed by atoms with E-state index in [1.807, 2.05) is 24.4 Å². The number of aromatic nitrogens is 3. The van der Waals surface area contributed by atoms with Crippen molar-refractivity contribution in [3.05, 3.63) is 187 Å². The van der Waals surface area contributed by atoms with Crippen LogP contribution < -0.4 is 21.3 Å². The van der Waals surface area contributed by atoms with Crippen molar-refractivity contribution in [2.24, 2.45) is 0 Å². The second-order valence-electron chi connectivity index (χ2n) is 15.2. The van der Waals surface area contributed by atoms with Gasteiger partial charge in [0.15, 0.2) is 0 Å². The minimum absolute atomic E-state index is 0.0722. The molecule has 270 valence electrons. The largest absolute Gasteiger partial charge is 0.456 e. The highest BCUT2D eigenvalue weighted by Gasteiger charge is 2.37. The second kappa shape index (κ2) is 13.0. The molecule has 0 aliphatic carbocycles. The standard InChI is InChI=1S/C51H37BN4O/c1-32-28-33(2)50(34(3)29-32)56-45-21-8-6-19-42(45)54-51(56)36-25-26-44-40(31-36)52(37-15-12-14-35(30-37)41-18-10-11-27-53-41)39-17-5-7-20-43(39)55(44)46-22-13-24-48-49(46)38-16-4-9-23-47(38)57-48/h4-31H,1-3H3. The van der Waals surface area contributed by atoms with E-state index in [-0.39, 0.29) is 6.71 Å². The Kier molecular flexibility index (Phi) is 7.55. The third-order valence-electron chi connectivity index (χ3n) is 11.5. The number of furan rings is 1. The van der Waals surface area contributed by atoms with E-state index in [0.717, 1.165) is 72.7 Å². The number of anilines is 3. The average molecular weight is 733 g/mol.